The predicted octanol–water partition coefficient (Wildman–Crippen LogP) is 10.4. The molecule has 37 heavy (non-hydrogen) atoms. The van der Waals surface area contributed by atoms with Crippen molar-refractivity contribution in [1.82, 2.24) is 0 Å². The molecule has 2 aromatic carbocycles. The molecular weight excluding hydrogens is 469 g/mol. The van der Waals surface area contributed by atoms with Crippen LogP contribution >= 0.6 is 0 Å². The second kappa shape index (κ2) is 13.1. The smallest absolute Gasteiger partial charge is 0.313 e. The van der Waals surface area contributed by atoms with Crippen LogP contribution < -0.4 is 0 Å². The minimum absolute atomic E-state index is 0.0328. The summed E-state index contributed by atoms with van der Waals surface area (Å²) in [6.45, 7) is 4.02. The molecule has 0 amide bonds. The lowest BCUT2D eigenvalue weighted by Gasteiger charge is -2.28. The molecule has 0 aliphatic heterocycles. The Balaban J connectivity index is 1.26. The normalized spacial score (nSPS) is 25.9. The van der Waals surface area contributed by atoms with Crippen molar-refractivity contribution in [3.63, 3.8) is 0 Å². The molecule has 202 valence electrons. The van der Waals surface area contributed by atoms with Crippen molar-refractivity contribution < 1.29 is 17.9 Å². The molecule has 0 aromatic heterocycles. The second-order valence-corrected chi connectivity index (χ2v) is 11.4. The van der Waals surface area contributed by atoms with Crippen LogP contribution in [0.4, 0.5) is 13.2 Å². The van der Waals surface area contributed by atoms with E-state index in [9.17, 15) is 13.2 Å². The Kier molecular flexibility index (Phi) is 9.92. The van der Waals surface area contributed by atoms with E-state index in [1.165, 1.54) is 62.6 Å². The van der Waals surface area contributed by atoms with E-state index in [1.807, 2.05) is 36.4 Å². The molecule has 2 aliphatic rings. The average molecular weight is 513 g/mol. The number of benzene rings is 2. The van der Waals surface area contributed by atoms with Gasteiger partial charge in [0.1, 0.15) is 0 Å². The van der Waals surface area contributed by atoms with Crippen molar-refractivity contribution in [1.29, 1.82) is 0 Å². The summed E-state index contributed by atoms with van der Waals surface area (Å²) in [4.78, 5) is 0. The third-order valence-corrected chi connectivity index (χ3v) is 8.72. The van der Waals surface area contributed by atoms with Gasteiger partial charge < -0.3 is 4.74 Å². The van der Waals surface area contributed by atoms with Gasteiger partial charge in [-0.3, -0.25) is 0 Å². The maximum absolute atomic E-state index is 14.8. The fourth-order valence-corrected chi connectivity index (χ4v) is 6.15. The van der Waals surface area contributed by atoms with E-state index in [1.54, 1.807) is 0 Å². The van der Waals surface area contributed by atoms with Gasteiger partial charge in [0.05, 0.1) is 6.61 Å². The van der Waals surface area contributed by atoms with Crippen molar-refractivity contribution in [3.05, 3.63) is 82.9 Å². The summed E-state index contributed by atoms with van der Waals surface area (Å²) in [6.07, 6.45) is 9.85. The zero-order valence-electron chi connectivity index (χ0n) is 22.5. The molecule has 4 rings (SSSR count). The molecule has 0 saturated heterocycles. The van der Waals surface area contributed by atoms with E-state index in [2.05, 4.69) is 26.0 Å². The number of hydrogen-bond acceptors (Lipinski definition) is 1. The van der Waals surface area contributed by atoms with Crippen molar-refractivity contribution >= 4 is 0 Å². The predicted molar refractivity (Wildman–Crippen MR) is 146 cm³/mol. The number of allylic oxidation sites excluding steroid dienone is 2. The summed E-state index contributed by atoms with van der Waals surface area (Å²) in [7, 11) is 0. The van der Waals surface area contributed by atoms with E-state index in [0.717, 1.165) is 36.7 Å². The maximum Gasteiger partial charge on any atom is 0.391 e. The molecule has 0 heterocycles. The summed E-state index contributed by atoms with van der Waals surface area (Å²) in [5.74, 6) is 2.53. The van der Waals surface area contributed by atoms with Gasteiger partial charge in [-0.1, -0.05) is 80.4 Å². The van der Waals surface area contributed by atoms with E-state index in [-0.39, 0.29) is 12.2 Å². The summed E-state index contributed by atoms with van der Waals surface area (Å²) in [5.41, 5.74) is 2.99. The zero-order chi connectivity index (χ0) is 26.3. The Morgan fingerprint density at radius 2 is 1.38 bits per heavy atom. The highest BCUT2D eigenvalue weighted by atomic mass is 19.3. The Hall–Kier alpha value is -2.07. The minimum Gasteiger partial charge on any atom is -0.313 e. The molecule has 2 aromatic rings. The van der Waals surface area contributed by atoms with E-state index >= 15 is 0 Å². The Bertz CT molecular complexity index is 966. The highest BCUT2D eigenvalue weighted by molar-refractivity contribution is 5.28. The minimum atomic E-state index is -3.88. The van der Waals surface area contributed by atoms with Crippen LogP contribution in [0.3, 0.4) is 0 Å². The highest BCUT2D eigenvalue weighted by Crippen LogP contribution is 2.40. The van der Waals surface area contributed by atoms with Crippen molar-refractivity contribution in [3.8, 4) is 0 Å². The first-order valence-electron chi connectivity index (χ1n) is 14.3. The van der Waals surface area contributed by atoms with Crippen LogP contribution in [0.5, 0.6) is 0 Å². The van der Waals surface area contributed by atoms with Gasteiger partial charge in [0.15, 0.2) is 0 Å². The number of ether oxygens (including phenoxy) is 1. The number of hydrogen-bond donors (Lipinski definition) is 0. The van der Waals surface area contributed by atoms with Crippen LogP contribution in [0.1, 0.15) is 118 Å². The topological polar surface area (TPSA) is 9.23 Å². The van der Waals surface area contributed by atoms with Crippen LogP contribution in [0, 0.1) is 11.8 Å². The Morgan fingerprint density at radius 1 is 0.838 bits per heavy atom. The van der Waals surface area contributed by atoms with Crippen LogP contribution in [0.15, 0.2) is 60.7 Å². The van der Waals surface area contributed by atoms with Crippen molar-refractivity contribution in [2.45, 2.75) is 109 Å². The first kappa shape index (κ1) is 28.0. The number of halogens is 3. The van der Waals surface area contributed by atoms with Crippen molar-refractivity contribution in [2.24, 2.45) is 11.8 Å². The van der Waals surface area contributed by atoms with E-state index < -0.39 is 12.3 Å². The molecule has 2 saturated carbocycles. The average Bonchev–Trinajstić information content (AvgIpc) is 2.93. The molecule has 2 aliphatic carbocycles. The standard InChI is InChI=1S/C33H43F3O/c1-3-4-5-6-25-9-15-28(16-10-25)29-17-11-26(12-18-29)23-37-33(35,36)32(34)31-21-19-30(20-22-31)27-13-7-24(2)8-14-27/h3-4,11-12,17-22,24-25,27-28,32H,5-10,13-16,23H2,1-2H3/b4-3+. The first-order chi connectivity index (χ1) is 17.9. The third kappa shape index (κ3) is 7.72. The van der Waals surface area contributed by atoms with Gasteiger partial charge in [0.25, 0.3) is 0 Å². The number of rotatable bonds is 10. The van der Waals surface area contributed by atoms with Gasteiger partial charge in [-0.05, 0) is 104 Å². The highest BCUT2D eigenvalue weighted by Gasteiger charge is 2.43. The number of alkyl halides is 3. The first-order valence-corrected chi connectivity index (χ1v) is 14.3. The van der Waals surface area contributed by atoms with Gasteiger partial charge in [-0.25, -0.2) is 4.39 Å². The van der Waals surface area contributed by atoms with Crippen molar-refractivity contribution in [2.75, 3.05) is 0 Å². The quantitative estimate of drug-likeness (QED) is 0.288. The van der Waals surface area contributed by atoms with E-state index in [0.29, 0.717) is 17.4 Å². The summed E-state index contributed by atoms with van der Waals surface area (Å²) >= 11 is 0. The monoisotopic (exact) mass is 512 g/mol. The van der Waals surface area contributed by atoms with E-state index in [4.69, 9.17) is 4.74 Å². The van der Waals surface area contributed by atoms with Crippen LogP contribution in [0.2, 0.25) is 0 Å². The SMILES string of the molecule is C/C=C/CCC1CCC(c2ccc(COC(F)(F)C(F)c3ccc(C4CCC(C)CC4)cc3)cc2)CC1. The summed E-state index contributed by atoms with van der Waals surface area (Å²) in [6, 6.07) is 14.4. The maximum atomic E-state index is 14.8. The Labute approximate surface area is 221 Å². The molecule has 4 heteroatoms. The molecule has 1 atom stereocenters. The molecule has 1 unspecified atom stereocenters. The Morgan fingerprint density at radius 3 is 1.95 bits per heavy atom. The molecular formula is C33H43F3O. The lowest BCUT2D eigenvalue weighted by molar-refractivity contribution is -0.282. The largest absolute Gasteiger partial charge is 0.391 e. The third-order valence-electron chi connectivity index (χ3n) is 8.72. The van der Waals surface area contributed by atoms with Gasteiger partial charge in [-0.15, -0.1) is 0 Å². The van der Waals surface area contributed by atoms with Gasteiger partial charge >= 0.3 is 6.11 Å². The lowest BCUT2D eigenvalue weighted by atomic mass is 9.77. The fourth-order valence-electron chi connectivity index (χ4n) is 6.15. The van der Waals surface area contributed by atoms with Gasteiger partial charge in [-0.2, -0.15) is 8.78 Å². The van der Waals surface area contributed by atoms with Gasteiger partial charge in [0.2, 0.25) is 6.17 Å². The molecule has 1 nitrogen and oxygen atoms in total. The second-order valence-electron chi connectivity index (χ2n) is 11.4. The molecule has 0 spiro atoms. The van der Waals surface area contributed by atoms with Gasteiger partial charge in [0, 0.05) is 0 Å². The molecule has 2 fully saturated rings. The summed E-state index contributed by atoms with van der Waals surface area (Å²) in [5, 5.41) is 0. The van der Waals surface area contributed by atoms with Crippen LogP contribution in [-0.2, 0) is 11.3 Å². The van der Waals surface area contributed by atoms with Crippen LogP contribution in [-0.4, -0.2) is 6.11 Å². The fraction of sp³-hybridized carbons (Fsp3) is 0.576. The molecule has 0 bridgehead atoms. The molecule has 0 N–H and O–H groups in total. The lowest BCUT2D eigenvalue weighted by Crippen LogP contribution is -2.27. The zero-order valence-corrected chi connectivity index (χ0v) is 22.5. The summed E-state index contributed by atoms with van der Waals surface area (Å²) < 4.78 is 48.8. The molecule has 0 radical (unpaired) electrons. The van der Waals surface area contributed by atoms with Crippen LogP contribution in [0.25, 0.3) is 0 Å².